The molecule has 0 fully saturated rings. The van der Waals surface area contributed by atoms with Crippen molar-refractivity contribution in [1.82, 2.24) is 14.5 Å². The zero-order valence-corrected chi connectivity index (χ0v) is 13.6. The second-order valence-corrected chi connectivity index (χ2v) is 5.98. The molecule has 0 aliphatic carbocycles. The Balaban J connectivity index is 2.34. The predicted molar refractivity (Wildman–Crippen MR) is 83.8 cm³/mol. The lowest BCUT2D eigenvalue weighted by Crippen LogP contribution is -2.01. The molecule has 1 aromatic carbocycles. The molecular formula is C13H8Br2ClN3. The van der Waals surface area contributed by atoms with Crippen LogP contribution in [0, 0.1) is 0 Å². The van der Waals surface area contributed by atoms with Gasteiger partial charge in [0.1, 0.15) is 11.3 Å². The molecule has 0 spiro atoms. The van der Waals surface area contributed by atoms with Crippen LogP contribution in [-0.4, -0.2) is 14.5 Å². The molecule has 0 saturated carbocycles. The largest absolute Gasteiger partial charge is 0.279 e. The normalized spacial score (nSPS) is 11.1. The van der Waals surface area contributed by atoms with E-state index in [1.807, 2.05) is 34.9 Å². The van der Waals surface area contributed by atoms with Gasteiger partial charge < -0.3 is 0 Å². The molecule has 0 saturated heterocycles. The molecular weight excluding hydrogens is 393 g/mol. The van der Waals surface area contributed by atoms with Gasteiger partial charge in [0.2, 0.25) is 0 Å². The van der Waals surface area contributed by atoms with Gasteiger partial charge in [0.05, 0.1) is 11.6 Å². The average molecular weight is 401 g/mol. The highest BCUT2D eigenvalue weighted by atomic mass is 79.9. The fourth-order valence-corrected chi connectivity index (χ4v) is 3.37. The molecule has 0 aliphatic heterocycles. The molecule has 3 nitrogen and oxygen atoms in total. The molecule has 2 aromatic heterocycles. The van der Waals surface area contributed by atoms with E-state index in [-0.39, 0.29) is 0 Å². The van der Waals surface area contributed by atoms with Crippen LogP contribution in [-0.2, 0) is 5.88 Å². The highest BCUT2D eigenvalue weighted by Gasteiger charge is 2.14. The Labute approximate surface area is 131 Å². The molecule has 0 unspecified atom stereocenters. The van der Waals surface area contributed by atoms with E-state index in [1.165, 1.54) is 0 Å². The number of hydrogen-bond acceptors (Lipinski definition) is 2. The summed E-state index contributed by atoms with van der Waals surface area (Å²) in [4.78, 5) is 8.91. The van der Waals surface area contributed by atoms with Crippen LogP contribution in [0.4, 0.5) is 0 Å². The van der Waals surface area contributed by atoms with E-state index in [0.29, 0.717) is 5.88 Å². The average Bonchev–Trinajstić information content (AvgIpc) is 2.77. The summed E-state index contributed by atoms with van der Waals surface area (Å²) >= 11 is 13.0. The number of fused-ring (bicyclic) bond motifs is 1. The molecule has 0 bridgehead atoms. The zero-order valence-electron chi connectivity index (χ0n) is 9.65. The molecule has 3 aromatic rings. The fraction of sp³-hybridized carbons (Fsp3) is 0.0769. The lowest BCUT2D eigenvalue weighted by molar-refractivity contribution is 0.965. The van der Waals surface area contributed by atoms with Gasteiger partial charge in [0, 0.05) is 15.1 Å². The maximum absolute atomic E-state index is 6.00. The van der Waals surface area contributed by atoms with E-state index in [0.717, 1.165) is 31.6 Å². The van der Waals surface area contributed by atoms with Gasteiger partial charge >= 0.3 is 0 Å². The van der Waals surface area contributed by atoms with Crippen LogP contribution in [0.5, 0.6) is 0 Å². The van der Waals surface area contributed by atoms with Gasteiger partial charge in [-0.1, -0.05) is 15.9 Å². The third-order valence-electron chi connectivity index (χ3n) is 2.76. The Kier molecular flexibility index (Phi) is 3.60. The highest BCUT2D eigenvalue weighted by Crippen LogP contribution is 2.29. The van der Waals surface area contributed by atoms with Crippen LogP contribution >= 0.6 is 43.5 Å². The zero-order chi connectivity index (χ0) is 13.4. The Bertz CT molecular complexity index is 755. The predicted octanol–water partition coefficient (Wildman–Crippen LogP) is 4.68. The molecule has 96 valence electrons. The fourth-order valence-electron chi connectivity index (χ4n) is 1.96. The van der Waals surface area contributed by atoms with E-state index in [1.54, 1.807) is 6.20 Å². The molecule has 6 heteroatoms. The van der Waals surface area contributed by atoms with E-state index in [9.17, 15) is 0 Å². The summed E-state index contributed by atoms with van der Waals surface area (Å²) in [6.45, 7) is 0. The van der Waals surface area contributed by atoms with Crippen LogP contribution < -0.4 is 0 Å². The van der Waals surface area contributed by atoms with Gasteiger partial charge in [-0.2, -0.15) is 0 Å². The van der Waals surface area contributed by atoms with Gasteiger partial charge in [-0.15, -0.1) is 11.6 Å². The maximum atomic E-state index is 6.00. The van der Waals surface area contributed by atoms with E-state index in [4.69, 9.17) is 11.6 Å². The van der Waals surface area contributed by atoms with Crippen LogP contribution in [0.3, 0.4) is 0 Å². The standard InChI is InChI=1S/C13H8Br2ClN3/c14-8-3-4-11(9(15)6-8)19-12(7-16)18-10-2-1-5-17-13(10)19/h1-6H,7H2. The number of pyridine rings is 1. The van der Waals surface area contributed by atoms with Crippen molar-refractivity contribution in [2.75, 3.05) is 0 Å². The minimum Gasteiger partial charge on any atom is -0.279 e. The van der Waals surface area contributed by atoms with Gasteiger partial charge in [-0.25, -0.2) is 9.97 Å². The number of halogens is 3. The van der Waals surface area contributed by atoms with Crippen molar-refractivity contribution in [3.05, 3.63) is 51.3 Å². The van der Waals surface area contributed by atoms with Crippen molar-refractivity contribution >= 4 is 54.6 Å². The Morgan fingerprint density at radius 3 is 2.79 bits per heavy atom. The first-order chi connectivity index (χ1) is 9.20. The molecule has 0 atom stereocenters. The first-order valence-corrected chi connectivity index (χ1v) is 7.66. The number of hydrogen-bond donors (Lipinski definition) is 0. The quantitative estimate of drug-likeness (QED) is 0.584. The lowest BCUT2D eigenvalue weighted by Gasteiger charge is -2.09. The van der Waals surface area contributed by atoms with Crippen LogP contribution in [0.25, 0.3) is 16.9 Å². The number of benzene rings is 1. The summed E-state index contributed by atoms with van der Waals surface area (Å²) in [5.74, 6) is 1.11. The van der Waals surface area contributed by atoms with Gasteiger partial charge in [0.15, 0.2) is 5.65 Å². The lowest BCUT2D eigenvalue weighted by atomic mass is 10.3. The monoisotopic (exact) mass is 399 g/mol. The minimum atomic E-state index is 0.332. The topological polar surface area (TPSA) is 30.7 Å². The van der Waals surface area contributed by atoms with Crippen molar-refractivity contribution in [2.24, 2.45) is 0 Å². The van der Waals surface area contributed by atoms with Crippen molar-refractivity contribution in [3.8, 4) is 5.69 Å². The molecule has 0 radical (unpaired) electrons. The number of aromatic nitrogens is 3. The summed E-state index contributed by atoms with van der Waals surface area (Å²) in [7, 11) is 0. The first kappa shape index (κ1) is 13.1. The van der Waals surface area contributed by atoms with Gasteiger partial charge in [0.25, 0.3) is 0 Å². The minimum absolute atomic E-state index is 0.332. The van der Waals surface area contributed by atoms with Crippen LogP contribution in [0.2, 0.25) is 0 Å². The number of alkyl halides is 1. The number of nitrogens with zero attached hydrogens (tertiary/aromatic N) is 3. The smallest absolute Gasteiger partial charge is 0.164 e. The Morgan fingerprint density at radius 2 is 2.05 bits per heavy atom. The summed E-state index contributed by atoms with van der Waals surface area (Å²) < 4.78 is 3.94. The van der Waals surface area contributed by atoms with Gasteiger partial charge in [-0.05, 0) is 46.3 Å². The van der Waals surface area contributed by atoms with Crippen LogP contribution in [0.15, 0.2) is 45.5 Å². The Hall–Kier alpha value is -0.910. The number of rotatable bonds is 2. The Morgan fingerprint density at radius 1 is 1.21 bits per heavy atom. The summed E-state index contributed by atoms with van der Waals surface area (Å²) in [6, 6.07) is 9.77. The summed E-state index contributed by atoms with van der Waals surface area (Å²) in [6.07, 6.45) is 1.76. The van der Waals surface area contributed by atoms with E-state index >= 15 is 0 Å². The van der Waals surface area contributed by atoms with E-state index < -0.39 is 0 Å². The van der Waals surface area contributed by atoms with Crippen LogP contribution in [0.1, 0.15) is 5.82 Å². The number of imidazole rings is 1. The van der Waals surface area contributed by atoms with Gasteiger partial charge in [-0.3, -0.25) is 4.57 Å². The SMILES string of the molecule is ClCc1nc2cccnc2n1-c1ccc(Br)cc1Br. The molecule has 3 rings (SSSR count). The third kappa shape index (κ3) is 2.30. The molecule has 2 heterocycles. The summed E-state index contributed by atoms with van der Waals surface area (Å²) in [5, 5.41) is 0. The second kappa shape index (κ2) is 5.23. The highest BCUT2D eigenvalue weighted by molar-refractivity contribution is 9.11. The maximum Gasteiger partial charge on any atom is 0.164 e. The van der Waals surface area contributed by atoms with Crippen molar-refractivity contribution in [3.63, 3.8) is 0 Å². The first-order valence-electron chi connectivity index (χ1n) is 5.54. The summed E-state index contributed by atoms with van der Waals surface area (Å²) in [5.41, 5.74) is 2.62. The van der Waals surface area contributed by atoms with Crippen molar-refractivity contribution in [1.29, 1.82) is 0 Å². The van der Waals surface area contributed by atoms with Crippen molar-refractivity contribution in [2.45, 2.75) is 5.88 Å². The molecule has 0 aliphatic rings. The second-order valence-electron chi connectivity index (χ2n) is 3.94. The third-order valence-corrected chi connectivity index (χ3v) is 4.12. The molecule has 19 heavy (non-hydrogen) atoms. The van der Waals surface area contributed by atoms with Crippen molar-refractivity contribution < 1.29 is 0 Å². The molecule has 0 amide bonds. The van der Waals surface area contributed by atoms with E-state index in [2.05, 4.69) is 41.8 Å². The molecule has 0 N–H and O–H groups in total.